The molecule has 2 N–H and O–H groups in total. The lowest BCUT2D eigenvalue weighted by atomic mass is 9.77. The van der Waals surface area contributed by atoms with Gasteiger partial charge in [-0.15, -0.1) is 0 Å². The average Bonchev–Trinajstić information content (AvgIpc) is 3.55. The van der Waals surface area contributed by atoms with Gasteiger partial charge in [0.2, 0.25) is 12.7 Å². The second-order valence-electron chi connectivity index (χ2n) is 9.19. The summed E-state index contributed by atoms with van der Waals surface area (Å²) in [6.07, 6.45) is 0. The smallest absolute Gasteiger partial charge is 0.319 e. The Bertz CT molecular complexity index is 1360. The zero-order valence-corrected chi connectivity index (χ0v) is 20.0. The maximum atomic E-state index is 13.9. The second-order valence-corrected chi connectivity index (χ2v) is 9.19. The zero-order valence-electron chi connectivity index (χ0n) is 20.0. The molecule has 9 heteroatoms. The van der Waals surface area contributed by atoms with Crippen molar-refractivity contribution >= 4 is 29.0 Å². The van der Waals surface area contributed by atoms with Gasteiger partial charge >= 0.3 is 6.03 Å². The monoisotopic (exact) mass is 486 g/mol. The van der Waals surface area contributed by atoms with Gasteiger partial charge in [0.05, 0.1) is 0 Å². The van der Waals surface area contributed by atoms with Crippen LogP contribution in [0.2, 0.25) is 0 Å². The predicted octanol–water partition coefficient (Wildman–Crippen LogP) is 3.33. The van der Waals surface area contributed by atoms with E-state index in [0.717, 1.165) is 22.5 Å². The standard InChI is InChI=1S/C27H26N4O5/c1-30(2)18-9-7-17(8-10-18)29-26(33)28-11-12-31-21-6-4-3-5-19(21)27(25(31)32)15-34-22-14-24-23(13-20(22)27)35-16-36-24/h3-10,13-14H,11-12,15-16H2,1-2H3,(H2,28,29,33). The average molecular weight is 487 g/mol. The van der Waals surface area contributed by atoms with Crippen molar-refractivity contribution in [2.45, 2.75) is 5.41 Å². The molecule has 9 nitrogen and oxygen atoms in total. The van der Waals surface area contributed by atoms with Crippen LogP contribution in [-0.2, 0) is 10.2 Å². The fourth-order valence-corrected chi connectivity index (χ4v) is 5.09. The minimum absolute atomic E-state index is 0.0807. The van der Waals surface area contributed by atoms with E-state index in [-0.39, 0.29) is 31.9 Å². The van der Waals surface area contributed by atoms with Crippen molar-refractivity contribution in [1.29, 1.82) is 0 Å². The summed E-state index contributed by atoms with van der Waals surface area (Å²) in [7, 11) is 3.92. The third-order valence-electron chi connectivity index (χ3n) is 6.91. The maximum absolute atomic E-state index is 13.9. The predicted molar refractivity (Wildman–Crippen MR) is 135 cm³/mol. The van der Waals surface area contributed by atoms with Crippen molar-refractivity contribution in [2.75, 3.05) is 55.7 Å². The van der Waals surface area contributed by atoms with Gasteiger partial charge in [-0.25, -0.2) is 4.79 Å². The van der Waals surface area contributed by atoms with Crippen molar-refractivity contribution < 1.29 is 23.8 Å². The number of carbonyl (C=O) groups excluding carboxylic acids is 2. The third-order valence-corrected chi connectivity index (χ3v) is 6.91. The van der Waals surface area contributed by atoms with Gasteiger partial charge in [0.15, 0.2) is 11.5 Å². The van der Waals surface area contributed by atoms with Gasteiger partial charge in [-0.05, 0) is 42.0 Å². The number of nitrogens with zero attached hydrogens (tertiary/aromatic N) is 2. The van der Waals surface area contributed by atoms with E-state index in [1.165, 1.54) is 0 Å². The normalized spacial score (nSPS) is 18.6. The van der Waals surface area contributed by atoms with Gasteiger partial charge in [0.25, 0.3) is 0 Å². The number of hydrogen-bond donors (Lipinski definition) is 2. The number of rotatable bonds is 5. The molecule has 0 aliphatic carbocycles. The molecule has 6 rings (SSSR count). The minimum atomic E-state index is -0.955. The van der Waals surface area contributed by atoms with E-state index in [2.05, 4.69) is 10.6 Å². The third kappa shape index (κ3) is 3.38. The lowest BCUT2D eigenvalue weighted by Gasteiger charge is -2.23. The molecular formula is C27H26N4O5. The number of amides is 3. The van der Waals surface area contributed by atoms with Crippen LogP contribution < -0.4 is 34.6 Å². The summed E-state index contributed by atoms with van der Waals surface area (Å²) < 4.78 is 17.1. The summed E-state index contributed by atoms with van der Waals surface area (Å²) >= 11 is 0. The maximum Gasteiger partial charge on any atom is 0.319 e. The SMILES string of the molecule is CN(C)c1ccc(NC(=O)NCCN2C(=O)C3(COc4cc5c(cc43)OCO5)c3ccccc32)cc1. The number of anilines is 3. The van der Waals surface area contributed by atoms with Crippen LogP contribution in [0.3, 0.4) is 0 Å². The van der Waals surface area contributed by atoms with Crippen LogP contribution in [0.4, 0.5) is 21.9 Å². The van der Waals surface area contributed by atoms with Crippen LogP contribution in [0, 0.1) is 0 Å². The quantitative estimate of drug-likeness (QED) is 0.575. The van der Waals surface area contributed by atoms with Crippen LogP contribution in [0.25, 0.3) is 0 Å². The van der Waals surface area contributed by atoms with E-state index in [1.807, 2.05) is 73.6 Å². The Morgan fingerprint density at radius 3 is 2.50 bits per heavy atom. The summed E-state index contributed by atoms with van der Waals surface area (Å²) in [5.41, 5.74) is 3.26. The Labute approximate surface area is 208 Å². The number of ether oxygens (including phenoxy) is 3. The molecule has 1 atom stereocenters. The number of carbonyl (C=O) groups is 2. The molecule has 0 bridgehead atoms. The summed E-state index contributed by atoms with van der Waals surface area (Å²) in [4.78, 5) is 30.1. The number of fused-ring (bicyclic) bond motifs is 5. The molecule has 0 radical (unpaired) electrons. The Hall–Kier alpha value is -4.40. The number of nitrogens with one attached hydrogen (secondary N) is 2. The van der Waals surface area contributed by atoms with E-state index in [1.54, 1.807) is 11.0 Å². The Morgan fingerprint density at radius 1 is 0.972 bits per heavy atom. The van der Waals surface area contributed by atoms with Gasteiger partial charge in [0.1, 0.15) is 17.8 Å². The molecule has 36 heavy (non-hydrogen) atoms. The van der Waals surface area contributed by atoms with Crippen molar-refractivity contribution in [3.05, 3.63) is 71.8 Å². The number of benzene rings is 3. The Morgan fingerprint density at radius 2 is 1.72 bits per heavy atom. The number of urea groups is 1. The fraction of sp³-hybridized carbons (Fsp3) is 0.259. The molecule has 3 aliphatic heterocycles. The van der Waals surface area contributed by atoms with Crippen LogP contribution in [0.5, 0.6) is 17.2 Å². The zero-order chi connectivity index (χ0) is 24.9. The lowest BCUT2D eigenvalue weighted by molar-refractivity contribution is -0.122. The molecule has 1 spiro atoms. The van der Waals surface area contributed by atoms with Crippen molar-refractivity contribution in [3.63, 3.8) is 0 Å². The van der Waals surface area contributed by atoms with Crippen LogP contribution in [0.15, 0.2) is 60.7 Å². The molecule has 0 fully saturated rings. The highest BCUT2D eigenvalue weighted by atomic mass is 16.7. The van der Waals surface area contributed by atoms with Crippen LogP contribution in [0.1, 0.15) is 11.1 Å². The first kappa shape index (κ1) is 22.1. The molecule has 3 heterocycles. The molecule has 3 aromatic carbocycles. The van der Waals surface area contributed by atoms with Crippen molar-refractivity contribution in [3.8, 4) is 17.2 Å². The van der Waals surface area contributed by atoms with Crippen molar-refractivity contribution in [2.24, 2.45) is 0 Å². The Kier molecular flexibility index (Phi) is 5.13. The molecule has 3 amide bonds. The van der Waals surface area contributed by atoms with E-state index >= 15 is 0 Å². The van der Waals surface area contributed by atoms with E-state index in [4.69, 9.17) is 14.2 Å². The molecular weight excluding hydrogens is 460 g/mol. The van der Waals surface area contributed by atoms with Gasteiger partial charge in [-0.3, -0.25) is 4.79 Å². The van der Waals surface area contributed by atoms with E-state index in [9.17, 15) is 9.59 Å². The highest BCUT2D eigenvalue weighted by molar-refractivity contribution is 6.11. The topological polar surface area (TPSA) is 92.4 Å². The molecule has 1 unspecified atom stereocenters. The molecule has 184 valence electrons. The largest absolute Gasteiger partial charge is 0.491 e. The molecule has 3 aromatic rings. The Balaban J connectivity index is 1.18. The first-order valence-electron chi connectivity index (χ1n) is 11.8. The van der Waals surface area contributed by atoms with E-state index in [0.29, 0.717) is 29.5 Å². The molecule has 0 aromatic heterocycles. The van der Waals surface area contributed by atoms with Gasteiger partial charge < -0.3 is 34.6 Å². The summed E-state index contributed by atoms with van der Waals surface area (Å²) in [5.74, 6) is 1.78. The lowest BCUT2D eigenvalue weighted by Crippen LogP contribution is -2.45. The van der Waals surface area contributed by atoms with Gasteiger partial charge in [-0.1, -0.05) is 18.2 Å². The summed E-state index contributed by atoms with van der Waals surface area (Å²) in [6.45, 7) is 0.959. The van der Waals surface area contributed by atoms with E-state index < -0.39 is 5.41 Å². The summed E-state index contributed by atoms with van der Waals surface area (Å²) in [6, 6.07) is 18.6. The first-order valence-corrected chi connectivity index (χ1v) is 11.8. The highest BCUT2D eigenvalue weighted by Crippen LogP contribution is 2.54. The fourth-order valence-electron chi connectivity index (χ4n) is 5.09. The molecule has 0 saturated carbocycles. The van der Waals surface area contributed by atoms with Gasteiger partial charge in [0, 0.05) is 55.9 Å². The minimum Gasteiger partial charge on any atom is -0.491 e. The first-order chi connectivity index (χ1) is 17.5. The van der Waals surface area contributed by atoms with Gasteiger partial charge in [-0.2, -0.15) is 0 Å². The molecule has 3 aliphatic rings. The highest BCUT2D eigenvalue weighted by Gasteiger charge is 2.57. The summed E-state index contributed by atoms with van der Waals surface area (Å²) in [5, 5.41) is 5.69. The number of para-hydroxylation sites is 1. The van der Waals surface area contributed by atoms with Crippen LogP contribution in [-0.4, -0.2) is 52.5 Å². The molecule has 0 saturated heterocycles. The van der Waals surface area contributed by atoms with Crippen molar-refractivity contribution in [1.82, 2.24) is 5.32 Å². The second kappa shape index (κ2) is 8.37. The number of hydrogen-bond acceptors (Lipinski definition) is 6. The van der Waals surface area contributed by atoms with Crippen LogP contribution >= 0.6 is 0 Å².